The number of aliphatic hydroxyl groups excluding tert-OH is 1. The van der Waals surface area contributed by atoms with Crippen molar-refractivity contribution in [3.05, 3.63) is 101 Å². The van der Waals surface area contributed by atoms with Gasteiger partial charge in [0.2, 0.25) is 0 Å². The number of carbonyl (C=O) groups excluding carboxylic acids is 2. The minimum Gasteiger partial charge on any atom is -0.507 e. The van der Waals surface area contributed by atoms with E-state index in [0.717, 1.165) is 47.8 Å². The monoisotopic (exact) mass is 490 g/mol. The molecule has 1 heterocycles. The van der Waals surface area contributed by atoms with Crippen LogP contribution in [-0.2, 0) is 16.0 Å². The van der Waals surface area contributed by atoms with Gasteiger partial charge in [0.05, 0.1) is 17.3 Å². The van der Waals surface area contributed by atoms with Crippen molar-refractivity contribution in [2.24, 2.45) is 0 Å². The number of nitrogens with zero attached hydrogens (tertiary/aromatic N) is 2. The number of rotatable bonds is 7. The van der Waals surface area contributed by atoms with Crippen LogP contribution in [0.1, 0.15) is 43.5 Å². The van der Waals surface area contributed by atoms with Gasteiger partial charge >= 0.3 is 0 Å². The van der Waals surface area contributed by atoms with Crippen LogP contribution >= 0.6 is 0 Å². The normalized spacial score (nSPS) is 17.0. The molecule has 0 aromatic heterocycles. The first-order valence-corrected chi connectivity index (χ1v) is 12.0. The fourth-order valence-electron chi connectivity index (χ4n) is 4.58. The second-order valence-electron chi connectivity index (χ2n) is 8.58. The van der Waals surface area contributed by atoms with Crippen LogP contribution in [0.2, 0.25) is 0 Å². The summed E-state index contributed by atoms with van der Waals surface area (Å²) >= 11 is 0. The van der Waals surface area contributed by atoms with Crippen molar-refractivity contribution in [3.63, 3.8) is 0 Å². The lowest BCUT2D eigenvalue weighted by atomic mass is 9.94. The van der Waals surface area contributed by atoms with Crippen LogP contribution in [0, 0.1) is 11.6 Å². The summed E-state index contributed by atoms with van der Waals surface area (Å²) in [6.45, 7) is 7.66. The fourth-order valence-corrected chi connectivity index (χ4v) is 4.58. The van der Waals surface area contributed by atoms with E-state index in [1.807, 2.05) is 45.0 Å². The maximum Gasteiger partial charge on any atom is 0.300 e. The van der Waals surface area contributed by atoms with Gasteiger partial charge in [0.15, 0.2) is 0 Å². The molecule has 0 spiro atoms. The maximum atomic E-state index is 14.9. The lowest BCUT2D eigenvalue weighted by molar-refractivity contribution is -0.132. The standard InChI is InChI=1S/C29H28F2N2O3/c1-4-18-7-9-20(10-8-18)27(34)25-26(19-11-14-22(15-12-19)32(5-2)6-3)33(29(36)28(25)35)24-16-13-21(30)17-23(24)31/h7-17,26,34H,4-6H2,1-3H3/b27-25+. The average molecular weight is 491 g/mol. The highest BCUT2D eigenvalue weighted by atomic mass is 19.1. The molecular weight excluding hydrogens is 462 g/mol. The van der Waals surface area contributed by atoms with E-state index in [9.17, 15) is 23.5 Å². The quantitative estimate of drug-likeness (QED) is 0.251. The van der Waals surface area contributed by atoms with Crippen molar-refractivity contribution in [1.82, 2.24) is 0 Å². The number of ketones is 1. The SMILES string of the molecule is CCc1ccc(/C(O)=C2\C(=O)C(=O)N(c3ccc(F)cc3F)C2c2ccc(N(CC)CC)cc2)cc1. The summed E-state index contributed by atoms with van der Waals surface area (Å²) in [5.74, 6) is -4.06. The predicted molar refractivity (Wildman–Crippen MR) is 137 cm³/mol. The fraction of sp³-hybridized carbons (Fsp3) is 0.241. The third kappa shape index (κ3) is 4.49. The van der Waals surface area contributed by atoms with Crippen LogP contribution < -0.4 is 9.80 Å². The molecular formula is C29H28F2N2O3. The summed E-state index contributed by atoms with van der Waals surface area (Å²) in [7, 11) is 0. The van der Waals surface area contributed by atoms with E-state index in [4.69, 9.17) is 0 Å². The van der Waals surface area contributed by atoms with Crippen molar-refractivity contribution in [3.8, 4) is 0 Å². The number of halogens is 2. The first kappa shape index (κ1) is 25.1. The molecule has 0 bridgehead atoms. The van der Waals surface area contributed by atoms with Gasteiger partial charge in [0.1, 0.15) is 17.4 Å². The molecule has 3 aromatic rings. The highest BCUT2D eigenvalue weighted by Crippen LogP contribution is 2.43. The molecule has 1 fully saturated rings. The van der Waals surface area contributed by atoms with Gasteiger partial charge in [-0.15, -0.1) is 0 Å². The van der Waals surface area contributed by atoms with Crippen molar-refractivity contribution < 1.29 is 23.5 Å². The first-order valence-electron chi connectivity index (χ1n) is 12.0. The lowest BCUT2D eigenvalue weighted by Crippen LogP contribution is -2.30. The van der Waals surface area contributed by atoms with E-state index in [2.05, 4.69) is 4.90 Å². The topological polar surface area (TPSA) is 60.9 Å². The van der Waals surface area contributed by atoms with Crippen molar-refractivity contribution in [2.75, 3.05) is 22.9 Å². The molecule has 1 atom stereocenters. The van der Waals surface area contributed by atoms with Crippen LogP contribution in [0.25, 0.3) is 5.76 Å². The second kappa shape index (κ2) is 10.3. The number of hydrogen-bond donors (Lipinski definition) is 1. The zero-order chi connectivity index (χ0) is 26.0. The number of aliphatic hydroxyl groups is 1. The summed E-state index contributed by atoms with van der Waals surface area (Å²) < 4.78 is 28.5. The number of carbonyl (C=O) groups is 2. The zero-order valence-corrected chi connectivity index (χ0v) is 20.5. The molecule has 4 rings (SSSR count). The van der Waals surface area contributed by atoms with E-state index >= 15 is 0 Å². The molecule has 1 aliphatic heterocycles. The van der Waals surface area contributed by atoms with Gasteiger partial charge < -0.3 is 10.0 Å². The van der Waals surface area contributed by atoms with E-state index in [1.165, 1.54) is 0 Å². The molecule has 1 saturated heterocycles. The Labute approximate surface area is 209 Å². The Kier molecular flexibility index (Phi) is 7.20. The number of benzene rings is 3. The summed E-state index contributed by atoms with van der Waals surface area (Å²) in [6.07, 6.45) is 0.800. The minimum absolute atomic E-state index is 0.149. The van der Waals surface area contributed by atoms with E-state index in [1.54, 1.807) is 24.3 Å². The molecule has 1 amide bonds. The average Bonchev–Trinajstić information content (AvgIpc) is 3.15. The van der Waals surface area contributed by atoms with E-state index in [0.29, 0.717) is 17.2 Å². The second-order valence-corrected chi connectivity index (χ2v) is 8.58. The molecule has 0 radical (unpaired) electrons. The summed E-state index contributed by atoms with van der Waals surface area (Å²) in [5.41, 5.74) is 2.49. The van der Waals surface area contributed by atoms with Crippen molar-refractivity contribution >= 4 is 28.8 Å². The van der Waals surface area contributed by atoms with Crippen molar-refractivity contribution in [1.29, 1.82) is 0 Å². The van der Waals surface area contributed by atoms with Crippen LogP contribution in [0.4, 0.5) is 20.2 Å². The Morgan fingerprint density at radius 3 is 2.11 bits per heavy atom. The van der Waals surface area contributed by atoms with Crippen LogP contribution in [0.3, 0.4) is 0 Å². The van der Waals surface area contributed by atoms with Gasteiger partial charge in [-0.1, -0.05) is 43.3 Å². The molecule has 186 valence electrons. The molecule has 7 heteroatoms. The minimum atomic E-state index is -1.10. The number of Topliss-reactive ketones (excluding diaryl/α,β-unsaturated/α-hetero) is 1. The highest BCUT2D eigenvalue weighted by Gasteiger charge is 2.47. The van der Waals surface area contributed by atoms with Crippen LogP contribution in [0.5, 0.6) is 0 Å². The summed E-state index contributed by atoms with van der Waals surface area (Å²) in [5, 5.41) is 11.2. The lowest BCUT2D eigenvalue weighted by Gasteiger charge is -2.27. The van der Waals surface area contributed by atoms with Gasteiger partial charge in [0, 0.05) is 30.4 Å². The number of hydrogen-bond acceptors (Lipinski definition) is 4. The number of aryl methyl sites for hydroxylation is 1. The zero-order valence-electron chi connectivity index (χ0n) is 20.5. The molecule has 5 nitrogen and oxygen atoms in total. The predicted octanol–water partition coefficient (Wildman–Crippen LogP) is 6.00. The molecule has 0 saturated carbocycles. The Balaban J connectivity index is 1.90. The van der Waals surface area contributed by atoms with Gasteiger partial charge in [-0.3, -0.25) is 14.5 Å². The summed E-state index contributed by atoms with van der Waals surface area (Å²) in [6, 6.07) is 16.0. The molecule has 1 aliphatic rings. The smallest absolute Gasteiger partial charge is 0.300 e. The number of amides is 1. The molecule has 1 unspecified atom stereocenters. The molecule has 0 aliphatic carbocycles. The van der Waals surface area contributed by atoms with E-state index < -0.39 is 29.4 Å². The molecule has 1 N–H and O–H groups in total. The third-order valence-electron chi connectivity index (χ3n) is 6.59. The van der Waals surface area contributed by atoms with Gasteiger partial charge in [0.25, 0.3) is 11.7 Å². The number of anilines is 2. The largest absolute Gasteiger partial charge is 0.507 e. The Hall–Kier alpha value is -4.00. The Bertz CT molecular complexity index is 1310. The Morgan fingerprint density at radius 2 is 1.56 bits per heavy atom. The van der Waals surface area contributed by atoms with Crippen LogP contribution in [-0.4, -0.2) is 29.9 Å². The van der Waals surface area contributed by atoms with Crippen molar-refractivity contribution in [2.45, 2.75) is 33.2 Å². The van der Waals surface area contributed by atoms with Crippen LogP contribution in [0.15, 0.2) is 72.3 Å². The first-order chi connectivity index (χ1) is 17.3. The highest BCUT2D eigenvalue weighted by molar-refractivity contribution is 6.51. The van der Waals surface area contributed by atoms with E-state index in [-0.39, 0.29) is 17.0 Å². The molecule has 36 heavy (non-hydrogen) atoms. The van der Waals surface area contributed by atoms with Gasteiger partial charge in [-0.25, -0.2) is 8.78 Å². The van der Waals surface area contributed by atoms with Gasteiger partial charge in [-0.05, 0) is 55.7 Å². The summed E-state index contributed by atoms with van der Waals surface area (Å²) in [4.78, 5) is 29.6. The third-order valence-corrected chi connectivity index (χ3v) is 6.59. The molecule has 3 aromatic carbocycles. The maximum absolute atomic E-state index is 14.9. The Morgan fingerprint density at radius 1 is 0.917 bits per heavy atom. The van der Waals surface area contributed by atoms with Gasteiger partial charge in [-0.2, -0.15) is 0 Å².